The van der Waals surface area contributed by atoms with E-state index in [0.29, 0.717) is 11.0 Å². The van der Waals surface area contributed by atoms with Crippen molar-refractivity contribution in [2.24, 2.45) is 10.7 Å². The largest absolute Gasteiger partial charge is 0.386 e. The molecule has 1 aromatic carbocycles. The molecule has 0 saturated carbocycles. The number of fused-ring (bicyclic) bond motifs is 1. The molecule has 0 bridgehead atoms. The van der Waals surface area contributed by atoms with Crippen LogP contribution in [0.1, 0.15) is 0 Å². The number of nitrogens with two attached hydrogens (primary N) is 2. The van der Waals surface area contributed by atoms with E-state index in [1.54, 1.807) is 0 Å². The number of anilines is 1. The zero-order valence-electron chi connectivity index (χ0n) is 7.77. The third kappa shape index (κ3) is 2.19. The molecule has 0 saturated heterocycles. The normalized spacial score (nSPS) is 12.2. The first-order chi connectivity index (χ1) is 7.19. The molecule has 0 radical (unpaired) electrons. The number of hydrogen-bond donors (Lipinski definition) is 2. The SMILES string of the molecule is NC(CCl)=Nc1ccc2sc(N)nc2c1. The number of aliphatic imine (C=N–C) groups is 1. The predicted octanol–water partition coefficient (Wildman–Crippen LogP) is 2.11. The van der Waals surface area contributed by atoms with Crippen molar-refractivity contribution in [3.05, 3.63) is 18.2 Å². The third-order valence-electron chi connectivity index (χ3n) is 1.80. The highest BCUT2D eigenvalue weighted by molar-refractivity contribution is 7.22. The fraction of sp³-hybridized carbons (Fsp3) is 0.111. The van der Waals surface area contributed by atoms with E-state index < -0.39 is 0 Å². The molecular weight excluding hydrogens is 232 g/mol. The lowest BCUT2D eigenvalue weighted by Gasteiger charge is -1.95. The molecule has 0 fully saturated rings. The maximum Gasteiger partial charge on any atom is 0.181 e. The van der Waals surface area contributed by atoms with Gasteiger partial charge in [-0.15, -0.1) is 11.6 Å². The van der Waals surface area contributed by atoms with Crippen molar-refractivity contribution in [2.45, 2.75) is 0 Å². The molecule has 4 nitrogen and oxygen atoms in total. The first kappa shape index (κ1) is 10.2. The van der Waals surface area contributed by atoms with Gasteiger partial charge < -0.3 is 11.5 Å². The summed E-state index contributed by atoms with van der Waals surface area (Å²) in [4.78, 5) is 8.28. The van der Waals surface area contributed by atoms with Crippen LogP contribution in [0.15, 0.2) is 23.2 Å². The molecule has 0 aliphatic carbocycles. The van der Waals surface area contributed by atoms with Gasteiger partial charge in [-0.3, -0.25) is 0 Å². The second kappa shape index (κ2) is 4.04. The Balaban J connectivity index is 2.46. The average molecular weight is 241 g/mol. The molecule has 78 valence electrons. The van der Waals surface area contributed by atoms with E-state index in [2.05, 4.69) is 9.98 Å². The van der Waals surface area contributed by atoms with E-state index in [9.17, 15) is 0 Å². The Morgan fingerprint density at radius 1 is 1.53 bits per heavy atom. The molecule has 6 heteroatoms. The quantitative estimate of drug-likeness (QED) is 0.480. The fourth-order valence-electron chi connectivity index (χ4n) is 1.20. The van der Waals surface area contributed by atoms with Gasteiger partial charge in [-0.05, 0) is 18.2 Å². The number of amidine groups is 1. The molecule has 0 amide bonds. The van der Waals surface area contributed by atoms with Crippen LogP contribution in [-0.4, -0.2) is 16.7 Å². The van der Waals surface area contributed by atoms with Crippen LogP contribution in [0.3, 0.4) is 0 Å². The molecule has 0 unspecified atom stereocenters. The zero-order valence-corrected chi connectivity index (χ0v) is 9.35. The van der Waals surface area contributed by atoms with Crippen LogP contribution in [0, 0.1) is 0 Å². The van der Waals surface area contributed by atoms with Gasteiger partial charge in [-0.1, -0.05) is 11.3 Å². The van der Waals surface area contributed by atoms with Gasteiger partial charge in [-0.25, -0.2) is 9.98 Å². The number of hydrogen-bond acceptors (Lipinski definition) is 4. The maximum absolute atomic E-state index is 5.59. The number of aromatic nitrogens is 1. The van der Waals surface area contributed by atoms with Crippen LogP contribution in [0.4, 0.5) is 10.8 Å². The fourth-order valence-corrected chi connectivity index (χ4v) is 1.97. The van der Waals surface area contributed by atoms with Gasteiger partial charge >= 0.3 is 0 Å². The van der Waals surface area contributed by atoms with Gasteiger partial charge in [0.15, 0.2) is 5.13 Å². The molecule has 0 aliphatic heterocycles. The smallest absolute Gasteiger partial charge is 0.181 e. The molecule has 1 aromatic heterocycles. The molecular formula is C9H9ClN4S. The third-order valence-corrected chi connectivity index (χ3v) is 2.94. The highest BCUT2D eigenvalue weighted by atomic mass is 35.5. The number of alkyl halides is 1. The minimum atomic E-state index is 0.219. The Kier molecular flexibility index (Phi) is 2.75. The molecule has 0 spiro atoms. The van der Waals surface area contributed by atoms with E-state index >= 15 is 0 Å². The van der Waals surface area contributed by atoms with Crippen LogP contribution in [-0.2, 0) is 0 Å². The van der Waals surface area contributed by atoms with Crippen LogP contribution < -0.4 is 11.5 Å². The van der Waals surface area contributed by atoms with Crippen molar-refractivity contribution in [1.29, 1.82) is 0 Å². The number of thiazole rings is 1. The van der Waals surface area contributed by atoms with Gasteiger partial charge in [0.1, 0.15) is 5.84 Å². The van der Waals surface area contributed by atoms with Gasteiger partial charge in [0.2, 0.25) is 0 Å². The minimum Gasteiger partial charge on any atom is -0.386 e. The van der Waals surface area contributed by atoms with Crippen molar-refractivity contribution in [3.63, 3.8) is 0 Å². The molecule has 2 aromatic rings. The summed E-state index contributed by atoms with van der Waals surface area (Å²) in [6.07, 6.45) is 0. The summed E-state index contributed by atoms with van der Waals surface area (Å²) >= 11 is 6.98. The number of benzene rings is 1. The van der Waals surface area contributed by atoms with Crippen molar-refractivity contribution in [3.8, 4) is 0 Å². The lowest BCUT2D eigenvalue weighted by molar-refractivity contribution is 1.44. The van der Waals surface area contributed by atoms with Crippen molar-refractivity contribution < 1.29 is 0 Å². The second-order valence-corrected chi connectivity index (χ2v) is 4.27. The van der Waals surface area contributed by atoms with Crippen LogP contribution in [0.5, 0.6) is 0 Å². The summed E-state index contributed by atoms with van der Waals surface area (Å²) in [5.74, 6) is 0.608. The summed E-state index contributed by atoms with van der Waals surface area (Å²) in [5.41, 5.74) is 12.7. The highest BCUT2D eigenvalue weighted by Gasteiger charge is 2.01. The van der Waals surface area contributed by atoms with E-state index in [1.165, 1.54) is 11.3 Å². The van der Waals surface area contributed by atoms with Crippen molar-refractivity contribution >= 4 is 49.8 Å². The summed E-state index contributed by atoms with van der Waals surface area (Å²) < 4.78 is 1.04. The van der Waals surface area contributed by atoms with Gasteiger partial charge in [0, 0.05) is 0 Å². The molecule has 0 aliphatic rings. The Hall–Kier alpha value is -1.33. The van der Waals surface area contributed by atoms with E-state index in [4.69, 9.17) is 23.1 Å². The van der Waals surface area contributed by atoms with Crippen molar-refractivity contribution in [1.82, 2.24) is 4.98 Å². The van der Waals surface area contributed by atoms with E-state index in [0.717, 1.165) is 15.9 Å². The standard InChI is InChI=1S/C9H9ClN4S/c10-4-8(11)13-5-1-2-7-6(3-5)14-9(12)15-7/h1-3H,4H2,(H2,11,13)(H2,12,14). The first-order valence-corrected chi connectivity index (χ1v) is 5.59. The van der Waals surface area contributed by atoms with Gasteiger partial charge in [0.25, 0.3) is 0 Å². The summed E-state index contributed by atoms with van der Waals surface area (Å²) in [6, 6.07) is 5.62. The Labute approximate surface area is 95.6 Å². The molecule has 0 atom stereocenters. The lowest BCUT2D eigenvalue weighted by Crippen LogP contribution is -2.12. The number of rotatable bonds is 2. The predicted molar refractivity (Wildman–Crippen MR) is 66.0 cm³/mol. The second-order valence-electron chi connectivity index (χ2n) is 2.94. The summed E-state index contributed by atoms with van der Waals surface area (Å²) in [6.45, 7) is 0. The van der Waals surface area contributed by atoms with Crippen LogP contribution in [0.25, 0.3) is 10.2 Å². The minimum absolute atomic E-state index is 0.219. The van der Waals surface area contributed by atoms with Gasteiger partial charge in [0.05, 0.1) is 21.8 Å². The van der Waals surface area contributed by atoms with E-state index in [1.807, 2.05) is 18.2 Å². The zero-order chi connectivity index (χ0) is 10.8. The van der Waals surface area contributed by atoms with E-state index in [-0.39, 0.29) is 5.88 Å². The highest BCUT2D eigenvalue weighted by Crippen LogP contribution is 2.27. The Morgan fingerprint density at radius 2 is 2.33 bits per heavy atom. The van der Waals surface area contributed by atoms with Gasteiger partial charge in [-0.2, -0.15) is 0 Å². The van der Waals surface area contributed by atoms with Crippen molar-refractivity contribution in [2.75, 3.05) is 11.6 Å². The lowest BCUT2D eigenvalue weighted by atomic mass is 10.3. The topological polar surface area (TPSA) is 77.3 Å². The molecule has 2 rings (SSSR count). The Bertz CT molecular complexity index is 520. The average Bonchev–Trinajstić information content (AvgIpc) is 2.57. The summed E-state index contributed by atoms with van der Waals surface area (Å²) in [5, 5.41) is 0.552. The first-order valence-electron chi connectivity index (χ1n) is 4.24. The monoisotopic (exact) mass is 240 g/mol. The molecule has 1 heterocycles. The molecule has 15 heavy (non-hydrogen) atoms. The Morgan fingerprint density at radius 3 is 3.07 bits per heavy atom. The molecule has 4 N–H and O–H groups in total. The van der Waals surface area contributed by atoms with Crippen LogP contribution >= 0.6 is 22.9 Å². The summed E-state index contributed by atoms with van der Waals surface area (Å²) in [7, 11) is 0. The number of nitrogens with zero attached hydrogens (tertiary/aromatic N) is 2. The number of nitrogen functional groups attached to an aromatic ring is 1. The maximum atomic E-state index is 5.59. The number of halogens is 1. The van der Waals surface area contributed by atoms with Crippen LogP contribution in [0.2, 0.25) is 0 Å².